The first-order valence-electron chi connectivity index (χ1n) is 4.98. The second kappa shape index (κ2) is 7.36. The monoisotopic (exact) mass is 218 g/mol. The number of carbonyl (C=O) groups excluding carboxylic acids is 2. The van der Waals surface area contributed by atoms with Crippen LogP contribution in [0.5, 0.6) is 0 Å². The molecule has 15 heavy (non-hydrogen) atoms. The number of Topliss-reactive ketones (excluding diaryl/α,β-unsaturated/α-hetero) is 1. The summed E-state index contributed by atoms with van der Waals surface area (Å²) in [5.74, 6) is -0.727. The summed E-state index contributed by atoms with van der Waals surface area (Å²) >= 11 is 0. The highest BCUT2D eigenvalue weighted by Gasteiger charge is 2.25. The maximum absolute atomic E-state index is 11.2. The number of hydrogen-bond donors (Lipinski definition) is 2. The Morgan fingerprint density at radius 2 is 1.73 bits per heavy atom. The van der Waals surface area contributed by atoms with Gasteiger partial charge in [-0.2, -0.15) is 0 Å². The van der Waals surface area contributed by atoms with E-state index in [1.54, 1.807) is 0 Å². The van der Waals surface area contributed by atoms with E-state index in [-0.39, 0.29) is 19.0 Å². The molecule has 0 fully saturated rings. The highest BCUT2D eigenvalue weighted by Crippen LogP contribution is 2.03. The van der Waals surface area contributed by atoms with E-state index in [1.807, 2.05) is 13.8 Å². The van der Waals surface area contributed by atoms with Crippen LogP contribution in [0.1, 0.15) is 27.7 Å². The quantitative estimate of drug-likeness (QED) is 0.682. The predicted octanol–water partition coefficient (Wildman–Crippen LogP) is -0.230. The third-order valence-electron chi connectivity index (χ3n) is 1.66. The van der Waals surface area contributed by atoms with Gasteiger partial charge in [-0.3, -0.25) is 9.59 Å². The molecule has 90 valence electrons. The number of amides is 1. The molecule has 0 heterocycles. The largest absolute Gasteiger partial charge is 0.383 e. The molecule has 0 atom stereocenters. The van der Waals surface area contributed by atoms with Gasteiger partial charge in [-0.25, -0.2) is 0 Å². The van der Waals surface area contributed by atoms with Crippen molar-refractivity contribution in [2.24, 2.45) is 5.73 Å². The van der Waals surface area contributed by atoms with Crippen LogP contribution in [0, 0.1) is 0 Å². The molecule has 0 saturated heterocycles. The van der Waals surface area contributed by atoms with E-state index < -0.39 is 11.4 Å². The highest BCUT2D eigenvalue weighted by atomic mass is 16.3. The molecular formula is C10H22N2O3. The van der Waals surface area contributed by atoms with E-state index in [9.17, 15) is 14.7 Å². The van der Waals surface area contributed by atoms with Crippen LogP contribution in [-0.2, 0) is 9.59 Å². The van der Waals surface area contributed by atoms with Crippen LogP contribution in [-0.4, -0.2) is 47.4 Å². The van der Waals surface area contributed by atoms with Gasteiger partial charge in [0, 0.05) is 7.05 Å². The van der Waals surface area contributed by atoms with Crippen LogP contribution >= 0.6 is 0 Å². The Balaban J connectivity index is 0. The smallest absolute Gasteiger partial charge is 0.236 e. The molecule has 0 aromatic rings. The number of nitrogens with two attached hydrogens (primary N) is 1. The van der Waals surface area contributed by atoms with Crippen LogP contribution in [0.3, 0.4) is 0 Å². The lowest BCUT2D eigenvalue weighted by Gasteiger charge is -2.21. The third-order valence-corrected chi connectivity index (χ3v) is 1.66. The molecule has 0 aromatic heterocycles. The lowest BCUT2D eigenvalue weighted by Crippen LogP contribution is -2.43. The van der Waals surface area contributed by atoms with Gasteiger partial charge < -0.3 is 15.7 Å². The van der Waals surface area contributed by atoms with Crippen LogP contribution < -0.4 is 5.73 Å². The Morgan fingerprint density at radius 1 is 1.33 bits per heavy atom. The van der Waals surface area contributed by atoms with Crippen LogP contribution in [0.25, 0.3) is 0 Å². The van der Waals surface area contributed by atoms with Crippen LogP contribution in [0.15, 0.2) is 0 Å². The van der Waals surface area contributed by atoms with Gasteiger partial charge in [0.2, 0.25) is 5.91 Å². The molecule has 0 rings (SSSR count). The fraction of sp³-hybridized carbons (Fsp3) is 0.800. The molecule has 0 aliphatic heterocycles. The lowest BCUT2D eigenvalue weighted by atomic mass is 10.0. The fourth-order valence-electron chi connectivity index (χ4n) is 0.653. The second-order valence-electron chi connectivity index (χ2n) is 3.44. The van der Waals surface area contributed by atoms with E-state index in [1.165, 1.54) is 25.8 Å². The van der Waals surface area contributed by atoms with Crippen LogP contribution in [0.4, 0.5) is 0 Å². The number of nitrogens with zero attached hydrogens (tertiary/aromatic N) is 1. The first kappa shape index (κ1) is 16.5. The first-order valence-corrected chi connectivity index (χ1v) is 4.98. The minimum Gasteiger partial charge on any atom is -0.383 e. The molecule has 0 aliphatic carbocycles. The third kappa shape index (κ3) is 7.04. The summed E-state index contributed by atoms with van der Waals surface area (Å²) in [6.45, 7) is 6.53. The zero-order chi connectivity index (χ0) is 12.6. The van der Waals surface area contributed by atoms with E-state index in [0.29, 0.717) is 0 Å². The van der Waals surface area contributed by atoms with Gasteiger partial charge in [0.25, 0.3) is 0 Å². The molecule has 0 aliphatic rings. The van der Waals surface area contributed by atoms with Crippen molar-refractivity contribution < 1.29 is 14.7 Å². The number of hydrogen-bond acceptors (Lipinski definition) is 4. The fourth-order valence-corrected chi connectivity index (χ4v) is 0.653. The van der Waals surface area contributed by atoms with Crippen LogP contribution in [0.2, 0.25) is 0 Å². The molecule has 5 heteroatoms. The van der Waals surface area contributed by atoms with Crippen molar-refractivity contribution in [3.8, 4) is 0 Å². The number of rotatable bonds is 4. The van der Waals surface area contributed by atoms with Crippen molar-refractivity contribution in [1.29, 1.82) is 0 Å². The van der Waals surface area contributed by atoms with Gasteiger partial charge in [0.15, 0.2) is 5.78 Å². The topological polar surface area (TPSA) is 83.6 Å². The lowest BCUT2D eigenvalue weighted by molar-refractivity contribution is -0.140. The molecule has 5 nitrogen and oxygen atoms in total. The zero-order valence-electron chi connectivity index (χ0n) is 10.2. The van der Waals surface area contributed by atoms with Gasteiger partial charge in [-0.15, -0.1) is 0 Å². The van der Waals surface area contributed by atoms with Crippen molar-refractivity contribution in [2.45, 2.75) is 33.3 Å². The van der Waals surface area contributed by atoms with Gasteiger partial charge in [-0.1, -0.05) is 13.8 Å². The average Bonchev–Trinajstić information content (AvgIpc) is 2.18. The average molecular weight is 218 g/mol. The second-order valence-corrected chi connectivity index (χ2v) is 3.44. The normalized spacial score (nSPS) is 10.1. The van der Waals surface area contributed by atoms with Crippen molar-refractivity contribution in [2.75, 3.05) is 20.1 Å². The maximum atomic E-state index is 11.2. The van der Waals surface area contributed by atoms with E-state index in [4.69, 9.17) is 5.73 Å². The highest BCUT2D eigenvalue weighted by molar-refractivity contribution is 5.91. The molecule has 0 aromatic carbocycles. The number of aliphatic hydroxyl groups is 1. The SMILES string of the molecule is CC.CN(CC(=O)C(C)(C)O)C(=O)CN. The molecule has 0 spiro atoms. The van der Waals surface area contributed by atoms with Gasteiger partial charge in [0.05, 0.1) is 13.1 Å². The van der Waals surface area contributed by atoms with E-state index in [2.05, 4.69) is 0 Å². The standard InChI is InChI=1S/C8H16N2O3.C2H6/c1-8(2,13)6(11)5-10(3)7(12)4-9;1-2/h13H,4-5,9H2,1-3H3;1-2H3. The summed E-state index contributed by atoms with van der Waals surface area (Å²) in [7, 11) is 1.47. The first-order chi connectivity index (χ1) is 6.79. The molecule has 0 radical (unpaired) electrons. The summed E-state index contributed by atoms with van der Waals surface area (Å²) in [5, 5.41) is 9.27. The molecule has 0 bridgehead atoms. The molecule has 0 unspecified atom stereocenters. The summed E-state index contributed by atoms with van der Waals surface area (Å²) in [6.07, 6.45) is 0. The Kier molecular flexibility index (Phi) is 8.10. The maximum Gasteiger partial charge on any atom is 0.236 e. The predicted molar refractivity (Wildman–Crippen MR) is 59.3 cm³/mol. The van der Waals surface area contributed by atoms with Crippen molar-refractivity contribution in [1.82, 2.24) is 4.90 Å². The van der Waals surface area contributed by atoms with E-state index >= 15 is 0 Å². The van der Waals surface area contributed by atoms with E-state index in [0.717, 1.165) is 0 Å². The molecule has 3 N–H and O–H groups in total. The summed E-state index contributed by atoms with van der Waals surface area (Å²) in [5.41, 5.74) is 3.69. The Bertz CT molecular complexity index is 209. The molecular weight excluding hydrogens is 196 g/mol. The number of likely N-dealkylation sites (N-methyl/N-ethyl adjacent to an activating group) is 1. The number of carbonyl (C=O) groups is 2. The van der Waals surface area contributed by atoms with Gasteiger partial charge >= 0.3 is 0 Å². The Labute approximate surface area is 91.2 Å². The Morgan fingerprint density at radius 3 is 2.00 bits per heavy atom. The summed E-state index contributed by atoms with van der Waals surface area (Å²) in [4.78, 5) is 23.3. The van der Waals surface area contributed by atoms with Gasteiger partial charge in [0.1, 0.15) is 5.60 Å². The minimum absolute atomic E-state index is 0.112. The summed E-state index contributed by atoms with van der Waals surface area (Å²) in [6, 6.07) is 0. The van der Waals surface area contributed by atoms with Crippen molar-refractivity contribution in [3.05, 3.63) is 0 Å². The molecule has 1 amide bonds. The summed E-state index contributed by atoms with van der Waals surface area (Å²) < 4.78 is 0. The minimum atomic E-state index is -1.40. The zero-order valence-corrected chi connectivity index (χ0v) is 10.2. The van der Waals surface area contributed by atoms with Gasteiger partial charge in [-0.05, 0) is 13.8 Å². The number of ketones is 1. The Hall–Kier alpha value is -0.940. The van der Waals surface area contributed by atoms with Crippen molar-refractivity contribution in [3.63, 3.8) is 0 Å². The van der Waals surface area contributed by atoms with Crippen molar-refractivity contribution >= 4 is 11.7 Å². The molecule has 0 saturated carbocycles.